The average Bonchev–Trinajstić information content (AvgIpc) is 2.77. The average molecular weight is 324 g/mol. The van der Waals surface area contributed by atoms with Crippen LogP contribution in [0.5, 0.6) is 0 Å². The number of carbonyl (C=O) groups is 1. The van der Waals surface area contributed by atoms with Crippen molar-refractivity contribution in [2.45, 2.75) is 31.7 Å². The summed E-state index contributed by atoms with van der Waals surface area (Å²) in [5.41, 5.74) is 0. The summed E-state index contributed by atoms with van der Waals surface area (Å²) in [4.78, 5) is 13.7. The Morgan fingerprint density at radius 2 is 2.05 bits per heavy atom. The zero-order chi connectivity index (χ0) is 15.7. The summed E-state index contributed by atoms with van der Waals surface area (Å²) in [7, 11) is -1.10. The van der Waals surface area contributed by atoms with Crippen molar-refractivity contribution in [2.24, 2.45) is 5.92 Å². The summed E-state index contributed by atoms with van der Waals surface area (Å²) >= 11 is 0. The first-order valence-electron chi connectivity index (χ1n) is 7.52. The Morgan fingerprint density at radius 1 is 1.27 bits per heavy atom. The molecule has 22 heavy (non-hydrogen) atoms. The molecule has 2 aliphatic rings. The predicted molar refractivity (Wildman–Crippen MR) is 83.5 cm³/mol. The molecule has 120 valence electrons. The molecule has 0 bridgehead atoms. The molecule has 0 spiro atoms. The molecule has 1 aromatic rings. The van der Waals surface area contributed by atoms with E-state index in [9.17, 15) is 13.2 Å². The van der Waals surface area contributed by atoms with Gasteiger partial charge in [-0.15, -0.1) is 10.2 Å². The molecule has 2 fully saturated rings. The number of aromatic nitrogens is 2. The van der Waals surface area contributed by atoms with Gasteiger partial charge in [0, 0.05) is 19.0 Å². The van der Waals surface area contributed by atoms with Crippen molar-refractivity contribution >= 4 is 27.4 Å². The van der Waals surface area contributed by atoms with Gasteiger partial charge in [-0.25, -0.2) is 8.42 Å². The van der Waals surface area contributed by atoms with Crippen LogP contribution in [-0.2, 0) is 14.6 Å². The van der Waals surface area contributed by atoms with Gasteiger partial charge in [-0.3, -0.25) is 4.79 Å². The topological polar surface area (TPSA) is 92.3 Å². The van der Waals surface area contributed by atoms with E-state index in [1.807, 2.05) is 11.9 Å². The second kappa shape index (κ2) is 5.83. The van der Waals surface area contributed by atoms with Crippen LogP contribution in [0.2, 0.25) is 0 Å². The van der Waals surface area contributed by atoms with Crippen LogP contribution in [0.15, 0.2) is 12.1 Å². The number of hydrogen-bond donors (Lipinski definition) is 1. The van der Waals surface area contributed by atoms with Gasteiger partial charge in [-0.2, -0.15) is 0 Å². The second-order valence-electron chi connectivity index (χ2n) is 6.06. The third kappa shape index (κ3) is 3.21. The van der Waals surface area contributed by atoms with E-state index in [0.717, 1.165) is 19.3 Å². The first-order chi connectivity index (χ1) is 10.4. The Labute approximate surface area is 130 Å². The fourth-order valence-corrected chi connectivity index (χ4v) is 4.52. The van der Waals surface area contributed by atoms with Crippen LogP contribution in [-0.4, -0.2) is 49.1 Å². The summed E-state index contributed by atoms with van der Waals surface area (Å²) in [6.07, 6.45) is 3.60. The maximum atomic E-state index is 11.8. The van der Waals surface area contributed by atoms with Gasteiger partial charge in [-0.1, -0.05) is 6.42 Å². The van der Waals surface area contributed by atoms with Crippen molar-refractivity contribution in [1.29, 1.82) is 0 Å². The highest BCUT2D eigenvalue weighted by Gasteiger charge is 2.31. The van der Waals surface area contributed by atoms with Crippen LogP contribution >= 0.6 is 0 Å². The molecule has 1 saturated heterocycles. The van der Waals surface area contributed by atoms with Crippen LogP contribution in [0, 0.1) is 5.92 Å². The minimum Gasteiger partial charge on any atom is -0.354 e. The van der Waals surface area contributed by atoms with Crippen molar-refractivity contribution in [3.05, 3.63) is 12.1 Å². The first-order valence-corrected chi connectivity index (χ1v) is 9.34. The highest BCUT2D eigenvalue weighted by atomic mass is 32.2. The fourth-order valence-electron chi connectivity index (χ4n) is 2.75. The van der Waals surface area contributed by atoms with E-state index in [0.29, 0.717) is 18.1 Å². The quantitative estimate of drug-likeness (QED) is 0.882. The second-order valence-corrected chi connectivity index (χ2v) is 8.29. The molecule has 0 radical (unpaired) electrons. The zero-order valence-electron chi connectivity index (χ0n) is 12.5. The van der Waals surface area contributed by atoms with Crippen LogP contribution in [0.4, 0.5) is 11.6 Å². The smallest absolute Gasteiger partial charge is 0.228 e. The predicted octanol–water partition coefficient (Wildman–Crippen LogP) is 0.839. The standard InChI is InChI=1S/C14H20N4O3S/c1-18(11-7-8-22(20,21)9-11)13-6-5-12(16-17-13)15-14(19)10-3-2-4-10/h5-6,10-11H,2-4,7-9H2,1H3,(H,15,16,19). The number of hydrogen-bond acceptors (Lipinski definition) is 6. The molecule has 0 aromatic carbocycles. The lowest BCUT2D eigenvalue weighted by molar-refractivity contribution is -0.122. The maximum Gasteiger partial charge on any atom is 0.228 e. The fraction of sp³-hybridized carbons (Fsp3) is 0.643. The summed E-state index contributed by atoms with van der Waals surface area (Å²) in [5, 5.41) is 10.9. The van der Waals surface area contributed by atoms with E-state index >= 15 is 0 Å². The van der Waals surface area contributed by atoms with E-state index in [-0.39, 0.29) is 29.4 Å². The van der Waals surface area contributed by atoms with Gasteiger partial charge in [0.05, 0.1) is 11.5 Å². The van der Waals surface area contributed by atoms with E-state index < -0.39 is 9.84 Å². The number of nitrogens with one attached hydrogen (secondary N) is 1. The minimum absolute atomic E-state index is 0.00328. The molecule has 1 N–H and O–H groups in total. The molecule has 1 atom stereocenters. The molecule has 1 amide bonds. The Morgan fingerprint density at radius 3 is 2.55 bits per heavy atom. The Bertz CT molecular complexity index is 655. The molecule has 2 heterocycles. The lowest BCUT2D eigenvalue weighted by Gasteiger charge is -2.25. The van der Waals surface area contributed by atoms with Gasteiger partial charge in [0.2, 0.25) is 5.91 Å². The Kier molecular flexibility index (Phi) is 4.03. The Hall–Kier alpha value is -1.70. The van der Waals surface area contributed by atoms with Crippen LogP contribution in [0.25, 0.3) is 0 Å². The number of rotatable bonds is 4. The molecular weight excluding hydrogens is 304 g/mol. The summed E-state index contributed by atoms with van der Waals surface area (Å²) in [6.45, 7) is 0. The first kappa shape index (κ1) is 15.2. The van der Waals surface area contributed by atoms with Gasteiger partial charge >= 0.3 is 0 Å². The van der Waals surface area contributed by atoms with Crippen LogP contribution in [0.3, 0.4) is 0 Å². The minimum atomic E-state index is -2.93. The molecule has 1 saturated carbocycles. The largest absolute Gasteiger partial charge is 0.354 e. The molecule has 3 rings (SSSR count). The number of nitrogens with zero attached hydrogens (tertiary/aromatic N) is 3. The van der Waals surface area contributed by atoms with Crippen molar-refractivity contribution < 1.29 is 13.2 Å². The highest BCUT2D eigenvalue weighted by Crippen LogP contribution is 2.27. The summed E-state index contributed by atoms with van der Waals surface area (Å²) in [6, 6.07) is 3.41. The normalized spacial score (nSPS) is 23.8. The van der Waals surface area contributed by atoms with Crippen LogP contribution in [0.1, 0.15) is 25.7 Å². The number of amides is 1. The number of carbonyl (C=O) groups excluding carboxylic acids is 1. The molecule has 8 heteroatoms. The lowest BCUT2D eigenvalue weighted by atomic mass is 9.85. The van der Waals surface area contributed by atoms with E-state index in [2.05, 4.69) is 15.5 Å². The van der Waals surface area contributed by atoms with E-state index in [1.165, 1.54) is 0 Å². The van der Waals surface area contributed by atoms with Gasteiger partial charge in [-0.05, 0) is 31.4 Å². The molecule has 1 aromatic heterocycles. The monoisotopic (exact) mass is 324 g/mol. The van der Waals surface area contributed by atoms with Crippen LogP contribution < -0.4 is 10.2 Å². The molecule has 1 unspecified atom stereocenters. The van der Waals surface area contributed by atoms with Gasteiger partial charge in [0.15, 0.2) is 21.5 Å². The maximum absolute atomic E-state index is 11.8. The van der Waals surface area contributed by atoms with Crippen molar-refractivity contribution in [3.63, 3.8) is 0 Å². The summed E-state index contributed by atoms with van der Waals surface area (Å²) < 4.78 is 23.1. The zero-order valence-corrected chi connectivity index (χ0v) is 13.3. The molecule has 1 aliphatic heterocycles. The third-order valence-corrected chi connectivity index (χ3v) is 6.25. The van der Waals surface area contributed by atoms with Gasteiger partial charge in [0.25, 0.3) is 0 Å². The van der Waals surface area contributed by atoms with E-state index in [4.69, 9.17) is 0 Å². The van der Waals surface area contributed by atoms with Gasteiger partial charge < -0.3 is 10.2 Å². The Balaban J connectivity index is 1.62. The van der Waals surface area contributed by atoms with Crippen molar-refractivity contribution in [2.75, 3.05) is 28.8 Å². The number of sulfone groups is 1. The summed E-state index contributed by atoms with van der Waals surface area (Å²) in [5.74, 6) is 1.55. The molecule has 1 aliphatic carbocycles. The van der Waals surface area contributed by atoms with Crippen molar-refractivity contribution in [3.8, 4) is 0 Å². The lowest BCUT2D eigenvalue weighted by Crippen LogP contribution is -2.33. The third-order valence-electron chi connectivity index (χ3n) is 4.50. The molecular formula is C14H20N4O3S. The molecule has 7 nitrogen and oxygen atoms in total. The number of anilines is 2. The van der Waals surface area contributed by atoms with Gasteiger partial charge in [0.1, 0.15) is 0 Å². The SMILES string of the molecule is CN(c1ccc(NC(=O)C2CCC2)nn1)C1CCS(=O)(=O)C1. The highest BCUT2D eigenvalue weighted by molar-refractivity contribution is 7.91. The van der Waals surface area contributed by atoms with Crippen molar-refractivity contribution in [1.82, 2.24) is 10.2 Å². The van der Waals surface area contributed by atoms with E-state index in [1.54, 1.807) is 12.1 Å².